The quantitative estimate of drug-likeness (QED) is 0.897. The summed E-state index contributed by atoms with van der Waals surface area (Å²) in [7, 11) is 1.55. The zero-order chi connectivity index (χ0) is 15.6. The first-order chi connectivity index (χ1) is 9.90. The van der Waals surface area contributed by atoms with E-state index >= 15 is 0 Å². The molecular weight excluding hydrogens is 296 g/mol. The number of hydrogen-bond donors (Lipinski definition) is 2. The predicted molar refractivity (Wildman–Crippen MR) is 78.7 cm³/mol. The molecule has 0 spiro atoms. The fourth-order valence-corrected chi connectivity index (χ4v) is 2.41. The van der Waals surface area contributed by atoms with Crippen LogP contribution in [0.15, 0.2) is 18.2 Å². The lowest BCUT2D eigenvalue weighted by atomic mass is 10.0. The van der Waals surface area contributed by atoms with E-state index in [4.69, 9.17) is 21.4 Å². The van der Waals surface area contributed by atoms with E-state index in [0.717, 1.165) is 5.56 Å². The average Bonchev–Trinajstić information content (AvgIpc) is 2.91. The first kappa shape index (κ1) is 15.6. The standard InChI is InChI=1S/C14H17ClN2O4/c1-8-3-4-10(15)11(5-8)16-14(20)17(2)12-7-21-6-9(12)13(18)19/h3-5,9,12H,6-7H2,1-2H3,(H,16,20)(H,18,19). The van der Waals surface area contributed by atoms with Gasteiger partial charge >= 0.3 is 12.0 Å². The van der Waals surface area contributed by atoms with Crippen molar-refractivity contribution >= 4 is 29.3 Å². The van der Waals surface area contributed by atoms with Crippen molar-refractivity contribution in [2.24, 2.45) is 5.92 Å². The number of nitrogens with zero attached hydrogens (tertiary/aromatic N) is 1. The van der Waals surface area contributed by atoms with Gasteiger partial charge in [0.05, 0.1) is 30.0 Å². The Morgan fingerprint density at radius 2 is 2.14 bits per heavy atom. The Kier molecular flexibility index (Phi) is 4.69. The number of ether oxygens (including phenoxy) is 1. The first-order valence-corrected chi connectivity index (χ1v) is 6.88. The monoisotopic (exact) mass is 312 g/mol. The van der Waals surface area contributed by atoms with Crippen LogP contribution in [0, 0.1) is 12.8 Å². The molecule has 1 aliphatic rings. The molecule has 6 nitrogen and oxygen atoms in total. The number of aryl methyl sites for hydroxylation is 1. The molecule has 1 aromatic carbocycles. The van der Waals surface area contributed by atoms with Crippen molar-refractivity contribution in [2.75, 3.05) is 25.6 Å². The van der Waals surface area contributed by atoms with E-state index in [0.29, 0.717) is 10.7 Å². The van der Waals surface area contributed by atoms with Gasteiger partial charge in [-0.05, 0) is 24.6 Å². The van der Waals surface area contributed by atoms with Crippen molar-refractivity contribution in [3.63, 3.8) is 0 Å². The van der Waals surface area contributed by atoms with Crippen LogP contribution >= 0.6 is 11.6 Å². The molecule has 1 heterocycles. The summed E-state index contributed by atoms with van der Waals surface area (Å²) in [6, 6.07) is 4.39. The molecule has 0 aliphatic carbocycles. The highest BCUT2D eigenvalue weighted by atomic mass is 35.5. The maximum Gasteiger partial charge on any atom is 0.321 e. The smallest absolute Gasteiger partial charge is 0.321 e. The number of hydrogen-bond acceptors (Lipinski definition) is 3. The van der Waals surface area contributed by atoms with Gasteiger partial charge in [0, 0.05) is 7.05 Å². The molecule has 2 amide bonds. The third kappa shape index (κ3) is 3.46. The number of anilines is 1. The number of carbonyl (C=O) groups is 2. The van der Waals surface area contributed by atoms with Gasteiger partial charge in [0.2, 0.25) is 0 Å². The lowest BCUT2D eigenvalue weighted by Crippen LogP contribution is -2.45. The predicted octanol–water partition coefficient (Wildman–Crippen LogP) is 2.21. The third-order valence-corrected chi connectivity index (χ3v) is 3.88. The number of nitrogens with one attached hydrogen (secondary N) is 1. The molecule has 0 bridgehead atoms. The number of amides is 2. The van der Waals surface area contributed by atoms with Crippen molar-refractivity contribution < 1.29 is 19.4 Å². The van der Waals surface area contributed by atoms with Crippen LogP contribution in [-0.4, -0.2) is 48.3 Å². The van der Waals surface area contributed by atoms with E-state index in [-0.39, 0.29) is 13.2 Å². The van der Waals surface area contributed by atoms with Crippen LogP contribution in [0.4, 0.5) is 10.5 Å². The third-order valence-electron chi connectivity index (χ3n) is 3.55. The van der Waals surface area contributed by atoms with Crippen LogP contribution in [0.25, 0.3) is 0 Å². The zero-order valence-electron chi connectivity index (χ0n) is 11.8. The molecule has 1 fully saturated rings. The Labute approximate surface area is 127 Å². The Morgan fingerprint density at radius 1 is 1.43 bits per heavy atom. The molecule has 1 aromatic rings. The maximum atomic E-state index is 12.2. The molecule has 21 heavy (non-hydrogen) atoms. The maximum absolute atomic E-state index is 12.2. The average molecular weight is 313 g/mol. The summed E-state index contributed by atoms with van der Waals surface area (Å²) in [5, 5.41) is 12.2. The Hall–Kier alpha value is -1.79. The van der Waals surface area contributed by atoms with Crippen LogP contribution in [0.1, 0.15) is 5.56 Å². The molecular formula is C14H17ClN2O4. The highest BCUT2D eigenvalue weighted by molar-refractivity contribution is 6.33. The van der Waals surface area contributed by atoms with Crippen LogP contribution in [0.5, 0.6) is 0 Å². The van der Waals surface area contributed by atoms with Crippen LogP contribution in [0.3, 0.4) is 0 Å². The SMILES string of the molecule is Cc1ccc(Cl)c(NC(=O)N(C)C2COCC2C(=O)O)c1. The molecule has 7 heteroatoms. The Bertz CT molecular complexity index is 564. The van der Waals surface area contributed by atoms with Crippen molar-refractivity contribution in [3.05, 3.63) is 28.8 Å². The van der Waals surface area contributed by atoms with Crippen LogP contribution in [0.2, 0.25) is 5.02 Å². The summed E-state index contributed by atoms with van der Waals surface area (Å²) in [6.45, 7) is 2.21. The molecule has 2 rings (SSSR count). The minimum Gasteiger partial charge on any atom is -0.481 e. The molecule has 2 unspecified atom stereocenters. The second-order valence-electron chi connectivity index (χ2n) is 5.07. The first-order valence-electron chi connectivity index (χ1n) is 6.50. The number of benzene rings is 1. The number of rotatable bonds is 3. The molecule has 2 N–H and O–H groups in total. The largest absolute Gasteiger partial charge is 0.481 e. The highest BCUT2D eigenvalue weighted by Crippen LogP contribution is 2.24. The number of aliphatic carboxylic acids is 1. The van der Waals surface area contributed by atoms with Crippen molar-refractivity contribution in [2.45, 2.75) is 13.0 Å². The fraction of sp³-hybridized carbons (Fsp3) is 0.429. The number of carbonyl (C=O) groups excluding carboxylic acids is 1. The summed E-state index contributed by atoms with van der Waals surface area (Å²) in [4.78, 5) is 24.7. The van der Waals surface area contributed by atoms with Gasteiger partial charge in [0.25, 0.3) is 0 Å². The van der Waals surface area contributed by atoms with Gasteiger partial charge in [-0.25, -0.2) is 4.79 Å². The molecule has 0 aromatic heterocycles. The molecule has 2 atom stereocenters. The van der Waals surface area contributed by atoms with Crippen molar-refractivity contribution in [3.8, 4) is 0 Å². The van der Waals surface area contributed by atoms with Gasteiger partial charge in [-0.15, -0.1) is 0 Å². The lowest BCUT2D eigenvalue weighted by Gasteiger charge is -2.26. The topological polar surface area (TPSA) is 78.9 Å². The molecule has 0 saturated carbocycles. The minimum atomic E-state index is -0.967. The summed E-state index contributed by atoms with van der Waals surface area (Å²) >= 11 is 6.03. The Morgan fingerprint density at radius 3 is 2.81 bits per heavy atom. The summed E-state index contributed by atoms with van der Waals surface area (Å²) in [5.41, 5.74) is 1.46. The second-order valence-corrected chi connectivity index (χ2v) is 5.48. The normalized spacial score (nSPS) is 21.1. The van der Waals surface area contributed by atoms with Gasteiger partial charge in [-0.1, -0.05) is 17.7 Å². The van der Waals surface area contributed by atoms with E-state index in [1.54, 1.807) is 19.2 Å². The fourth-order valence-electron chi connectivity index (χ4n) is 2.25. The van der Waals surface area contributed by atoms with Gasteiger partial charge in [0.15, 0.2) is 0 Å². The molecule has 114 valence electrons. The zero-order valence-corrected chi connectivity index (χ0v) is 12.6. The number of carboxylic acid groups (broad SMARTS) is 1. The van der Waals surface area contributed by atoms with E-state index in [1.807, 2.05) is 13.0 Å². The molecule has 1 aliphatic heterocycles. The summed E-state index contributed by atoms with van der Waals surface area (Å²) in [5.74, 6) is -1.68. The summed E-state index contributed by atoms with van der Waals surface area (Å²) in [6.07, 6.45) is 0. The van der Waals surface area contributed by atoms with E-state index in [2.05, 4.69) is 5.32 Å². The van der Waals surface area contributed by atoms with E-state index in [9.17, 15) is 9.59 Å². The highest BCUT2D eigenvalue weighted by Gasteiger charge is 2.38. The van der Waals surface area contributed by atoms with Gasteiger partial charge < -0.3 is 20.1 Å². The number of halogens is 1. The molecule has 0 radical (unpaired) electrons. The Balaban J connectivity index is 2.09. The van der Waals surface area contributed by atoms with Gasteiger partial charge in [-0.3, -0.25) is 4.79 Å². The lowest BCUT2D eigenvalue weighted by molar-refractivity contribution is -0.142. The van der Waals surface area contributed by atoms with E-state index < -0.39 is 24.0 Å². The van der Waals surface area contributed by atoms with Crippen LogP contribution < -0.4 is 5.32 Å². The van der Waals surface area contributed by atoms with Crippen molar-refractivity contribution in [1.82, 2.24) is 4.90 Å². The second kappa shape index (κ2) is 6.32. The molecule has 1 saturated heterocycles. The number of likely N-dealkylation sites (N-methyl/N-ethyl adjacent to an activating group) is 1. The minimum absolute atomic E-state index is 0.114. The van der Waals surface area contributed by atoms with Crippen molar-refractivity contribution in [1.29, 1.82) is 0 Å². The van der Waals surface area contributed by atoms with Gasteiger partial charge in [-0.2, -0.15) is 0 Å². The van der Waals surface area contributed by atoms with Gasteiger partial charge in [0.1, 0.15) is 5.92 Å². The van der Waals surface area contributed by atoms with Crippen LogP contribution in [-0.2, 0) is 9.53 Å². The number of carboxylic acids is 1. The van der Waals surface area contributed by atoms with E-state index in [1.165, 1.54) is 4.90 Å². The number of urea groups is 1. The summed E-state index contributed by atoms with van der Waals surface area (Å²) < 4.78 is 5.17.